The Labute approximate surface area is 692 Å². The zero-order valence-electron chi connectivity index (χ0n) is 67.1. The minimum atomic E-state index is -5.72. The number of hydrogen-bond donors (Lipinski definition) is 0. The van der Waals surface area contributed by atoms with E-state index in [0.29, 0.717) is 86.0 Å². The molecule has 9 aromatic carbocycles. The minimum Gasteiger partial charge on any atom is -0.488 e. The Morgan fingerprint density at radius 3 is 0.782 bits per heavy atom. The van der Waals surface area contributed by atoms with E-state index >= 15 is 4.57 Å². The zero-order valence-corrected chi connectivity index (χ0v) is 68.0. The third kappa shape index (κ3) is 18.7. The van der Waals surface area contributed by atoms with E-state index in [1.807, 2.05) is 292 Å². The molecule has 119 heavy (non-hydrogen) atoms. The first-order chi connectivity index (χ1) is 58.2. The monoisotopic (exact) mass is 1600 g/mol. The first kappa shape index (κ1) is 80.3. The van der Waals surface area contributed by atoms with Crippen molar-refractivity contribution in [1.29, 1.82) is 0 Å². The van der Waals surface area contributed by atoms with Gasteiger partial charge in [-0.05, 0) is 165 Å². The van der Waals surface area contributed by atoms with Crippen LogP contribution in [-0.2, 0) is 62.9 Å². The molecule has 0 aliphatic carbocycles. The standard InChI is InChI=1S/C99H90N9O10P/c1-67(2)106-88(43-49-103-106)94-76(40-25-46-100-94)64-113-97-82(55-73-34-19-10-20-35-73)79(52-70-28-13-7-14-29-70)58-91(85(97)61-109)116-119(112,117-92-59-80(53-71-30-15-8-16-31-71)83(56-74-36-21-11-22-37-74)98(86(92)62-110)114-65-77-41-26-47-101-95(77)89-44-50-104-107(89)68(3)4)118-93-60-81(54-72-32-17-9-18-33-72)84(57-75-38-23-12-24-39-75)99(87(93)63-111)115-66-78-42-27-48-102-96(78)90-45-51-105-108(90)69(5)6/h7-51,58-63,67-69H,52-57,64-66H2,1-6H3. The molecule has 6 heterocycles. The molecule has 0 amide bonds. The molecule has 0 aliphatic heterocycles. The van der Waals surface area contributed by atoms with Gasteiger partial charge in [0.2, 0.25) is 0 Å². The van der Waals surface area contributed by atoms with Crippen molar-refractivity contribution in [1.82, 2.24) is 44.3 Å². The van der Waals surface area contributed by atoms with Crippen molar-refractivity contribution in [2.45, 2.75) is 118 Å². The minimum absolute atomic E-state index is 0.0309. The fraction of sp³-hybridized carbons (Fsp3) is 0.182. The number of rotatable bonds is 36. The highest BCUT2D eigenvalue weighted by Gasteiger charge is 2.40. The number of nitrogens with zero attached hydrogens (tertiary/aromatic N) is 9. The SMILES string of the molecule is CC(C)n1nccc1-c1ncccc1COc1c(C=O)c(OP(=O)(Oc2cc(Cc3ccccc3)c(Cc3ccccc3)c(OCc3cccnc3-c3ccnn3C(C)C)c2C=O)Oc2cc(Cc3ccccc3)c(Cc3ccccc3)c(OCc3cccnc3-c3ccnn3C(C)C)c2C=O)cc(Cc2ccccc2)c1Cc1ccccc1. The Balaban J connectivity index is 0.979. The first-order valence-corrected chi connectivity index (χ1v) is 41.3. The predicted octanol–water partition coefficient (Wildman–Crippen LogP) is 21.6. The van der Waals surface area contributed by atoms with E-state index < -0.39 is 7.82 Å². The smallest absolute Gasteiger partial charge is 0.488 e. The molecule has 0 aliphatic rings. The number of pyridine rings is 3. The van der Waals surface area contributed by atoms with Crippen LogP contribution in [0.2, 0.25) is 0 Å². The Morgan fingerprint density at radius 1 is 0.303 bits per heavy atom. The fourth-order valence-corrected chi connectivity index (χ4v) is 16.4. The molecule has 0 N–H and O–H groups in total. The normalized spacial score (nSPS) is 11.4. The van der Waals surface area contributed by atoms with Crippen LogP contribution in [0.15, 0.2) is 292 Å². The second-order valence-electron chi connectivity index (χ2n) is 30.0. The summed E-state index contributed by atoms with van der Waals surface area (Å²) in [6.45, 7) is 11.8. The second kappa shape index (κ2) is 37.4. The second-order valence-corrected chi connectivity index (χ2v) is 31.4. The van der Waals surface area contributed by atoms with Gasteiger partial charge in [0, 0.05) is 108 Å². The fourth-order valence-electron chi connectivity index (χ4n) is 15.2. The molecule has 0 saturated heterocycles. The Morgan fingerprint density at radius 2 is 0.546 bits per heavy atom. The van der Waals surface area contributed by atoms with Crippen molar-refractivity contribution < 1.29 is 46.7 Å². The molecule has 0 bridgehead atoms. The van der Waals surface area contributed by atoms with Crippen LogP contribution in [0.25, 0.3) is 34.2 Å². The molecular weight excluding hydrogens is 1510 g/mol. The van der Waals surface area contributed by atoms with Crippen LogP contribution in [-0.4, -0.2) is 63.2 Å². The van der Waals surface area contributed by atoms with Gasteiger partial charge in [-0.25, -0.2) is 0 Å². The molecular formula is C99H90N9O10P. The molecule has 0 spiro atoms. The average Bonchev–Trinajstić information content (AvgIpc) is 1.35. The summed E-state index contributed by atoms with van der Waals surface area (Å²) in [5.74, 6) is -0.566. The Bertz CT molecular complexity index is 5490. The summed E-state index contributed by atoms with van der Waals surface area (Å²) < 4.78 is 67.2. The molecule has 0 fully saturated rings. The molecule has 596 valence electrons. The zero-order chi connectivity index (χ0) is 82.2. The van der Waals surface area contributed by atoms with Crippen molar-refractivity contribution >= 4 is 26.7 Å². The van der Waals surface area contributed by atoms with Crippen molar-refractivity contribution in [3.8, 4) is 68.7 Å². The molecule has 0 atom stereocenters. The molecule has 0 radical (unpaired) electrons. The molecule has 19 nitrogen and oxygen atoms in total. The molecule has 20 heteroatoms. The number of benzene rings is 9. The number of aromatic nitrogens is 9. The van der Waals surface area contributed by atoms with E-state index in [1.165, 1.54) is 0 Å². The van der Waals surface area contributed by atoms with Crippen LogP contribution >= 0.6 is 7.82 Å². The van der Waals surface area contributed by atoms with Gasteiger partial charge < -0.3 is 27.8 Å². The Kier molecular flexibility index (Phi) is 25.2. The van der Waals surface area contributed by atoms with Crippen LogP contribution in [0.3, 0.4) is 0 Å². The van der Waals surface area contributed by atoms with E-state index in [9.17, 15) is 14.4 Å². The number of carbonyl (C=O) groups is 3. The number of ether oxygens (including phenoxy) is 3. The summed E-state index contributed by atoms with van der Waals surface area (Å²) in [5, 5.41) is 14.0. The lowest BCUT2D eigenvalue weighted by Gasteiger charge is -2.27. The maximum Gasteiger partial charge on any atom is 0.647 e. The summed E-state index contributed by atoms with van der Waals surface area (Å²) >= 11 is 0. The largest absolute Gasteiger partial charge is 0.647 e. The predicted molar refractivity (Wildman–Crippen MR) is 461 cm³/mol. The van der Waals surface area contributed by atoms with Gasteiger partial charge in [0.25, 0.3) is 0 Å². The van der Waals surface area contributed by atoms with Gasteiger partial charge in [-0.15, -0.1) is 0 Å². The third-order valence-electron chi connectivity index (χ3n) is 20.8. The van der Waals surface area contributed by atoms with Crippen molar-refractivity contribution in [2.75, 3.05) is 0 Å². The number of hydrogen-bond acceptors (Lipinski definition) is 16. The van der Waals surface area contributed by atoms with E-state index in [4.69, 9.17) is 42.7 Å². The van der Waals surface area contributed by atoms with Gasteiger partial charge in [0.15, 0.2) is 18.9 Å². The van der Waals surface area contributed by atoms with Gasteiger partial charge in [0.05, 0.1) is 50.9 Å². The molecule has 15 rings (SSSR count). The van der Waals surface area contributed by atoms with Crippen molar-refractivity contribution in [3.63, 3.8) is 0 Å². The highest BCUT2D eigenvalue weighted by molar-refractivity contribution is 7.49. The van der Waals surface area contributed by atoms with Gasteiger partial charge >= 0.3 is 7.82 Å². The van der Waals surface area contributed by atoms with Gasteiger partial charge in [0.1, 0.15) is 54.3 Å². The molecule has 0 saturated carbocycles. The van der Waals surface area contributed by atoms with Gasteiger partial charge in [-0.1, -0.05) is 200 Å². The quantitative estimate of drug-likeness (QED) is 0.0263. The lowest BCUT2D eigenvalue weighted by molar-refractivity contribution is 0.111. The van der Waals surface area contributed by atoms with Crippen LogP contribution in [0.5, 0.6) is 34.5 Å². The van der Waals surface area contributed by atoms with Crippen LogP contribution in [0.1, 0.15) is 174 Å². The van der Waals surface area contributed by atoms with Crippen molar-refractivity contribution in [2.24, 2.45) is 0 Å². The Hall–Kier alpha value is -13.9. The highest BCUT2D eigenvalue weighted by Crippen LogP contribution is 2.56. The summed E-state index contributed by atoms with van der Waals surface area (Å²) in [4.78, 5) is 59.7. The maximum atomic E-state index is 18.1. The van der Waals surface area contributed by atoms with E-state index in [1.54, 1.807) is 55.4 Å². The number of aldehydes is 3. The summed E-state index contributed by atoms with van der Waals surface area (Å²) in [5.41, 5.74) is 14.6. The third-order valence-corrected chi connectivity index (χ3v) is 22.1. The number of carbonyl (C=O) groups excluding carboxylic acids is 3. The first-order valence-electron chi connectivity index (χ1n) is 39.9. The summed E-state index contributed by atoms with van der Waals surface area (Å²) in [6, 6.07) is 80.7. The average molecular weight is 1600 g/mol. The van der Waals surface area contributed by atoms with Crippen molar-refractivity contribution in [3.05, 3.63) is 392 Å². The topological polar surface area (TPSA) is 216 Å². The maximum absolute atomic E-state index is 18.1. The molecule has 6 aromatic heterocycles. The lowest BCUT2D eigenvalue weighted by Crippen LogP contribution is -2.15. The number of phosphoric ester groups is 1. The summed E-state index contributed by atoms with van der Waals surface area (Å²) in [7, 11) is -5.72. The number of phosphoric acid groups is 1. The van der Waals surface area contributed by atoms with Crippen LogP contribution in [0.4, 0.5) is 0 Å². The molecule has 0 unspecified atom stereocenters. The van der Waals surface area contributed by atoms with Gasteiger partial charge in [-0.2, -0.15) is 19.9 Å². The highest BCUT2D eigenvalue weighted by atomic mass is 31.2. The molecule has 15 aromatic rings. The van der Waals surface area contributed by atoms with Crippen LogP contribution < -0.4 is 27.8 Å². The van der Waals surface area contributed by atoms with E-state index in [2.05, 4.69) is 15.3 Å². The van der Waals surface area contributed by atoms with E-state index in [-0.39, 0.29) is 128 Å². The lowest BCUT2D eigenvalue weighted by atomic mass is 9.92. The van der Waals surface area contributed by atoms with Gasteiger partial charge in [-0.3, -0.25) is 43.4 Å². The summed E-state index contributed by atoms with van der Waals surface area (Å²) in [6.07, 6.45) is 13.6. The van der Waals surface area contributed by atoms with Crippen LogP contribution in [0, 0.1) is 0 Å². The van der Waals surface area contributed by atoms with E-state index in [0.717, 1.165) is 50.5 Å².